The SMILES string of the molecule is Cc1ccc(C(C(C#N)C#N)C(C#N)c2nc(-c3cc4c(ccc5ccccc54)oc3=O)cs2)cc1. The van der Waals surface area contributed by atoms with E-state index in [2.05, 4.69) is 11.1 Å². The molecule has 0 aliphatic carbocycles. The second-order valence-electron chi connectivity index (χ2n) is 8.50. The molecule has 0 fully saturated rings. The minimum absolute atomic E-state index is 0.294. The quantitative estimate of drug-likeness (QED) is 0.209. The van der Waals surface area contributed by atoms with Crippen molar-refractivity contribution in [2.45, 2.75) is 18.8 Å². The molecule has 2 atom stereocenters. The molecule has 0 N–H and O–H groups in total. The Kier molecular flexibility index (Phi) is 6.05. The average Bonchev–Trinajstić information content (AvgIpc) is 3.38. The van der Waals surface area contributed by atoms with Gasteiger partial charge in [0.1, 0.15) is 22.4 Å². The Hall–Kier alpha value is -4.77. The maximum atomic E-state index is 12.9. The smallest absolute Gasteiger partial charge is 0.345 e. The maximum absolute atomic E-state index is 12.9. The molecule has 2 heterocycles. The summed E-state index contributed by atoms with van der Waals surface area (Å²) >= 11 is 1.23. The Balaban J connectivity index is 1.61. The molecule has 0 bridgehead atoms. The minimum atomic E-state index is -1.04. The molecular formula is C29H18N4O2S. The van der Waals surface area contributed by atoms with Crippen LogP contribution in [0.15, 0.2) is 81.3 Å². The molecule has 0 amide bonds. The topological polar surface area (TPSA) is 114 Å². The van der Waals surface area contributed by atoms with Gasteiger partial charge in [-0.1, -0.05) is 60.2 Å². The third-order valence-corrected chi connectivity index (χ3v) is 7.23. The standard InChI is InChI=1S/C29H18N4O2S/c1-17-6-8-19(9-7-17)27(20(13-30)14-31)24(15-32)28-33-25(16-36-28)23-12-22-21-5-3-2-4-18(21)10-11-26(22)35-29(23)34/h2-12,16,20,24,27H,1H3. The van der Waals surface area contributed by atoms with Crippen LogP contribution in [0.4, 0.5) is 0 Å². The summed E-state index contributed by atoms with van der Waals surface area (Å²) in [5.41, 5.74) is 2.40. The highest BCUT2D eigenvalue weighted by molar-refractivity contribution is 7.10. The first-order chi connectivity index (χ1) is 17.5. The molecule has 0 aliphatic heterocycles. The van der Waals surface area contributed by atoms with Gasteiger partial charge in [-0.25, -0.2) is 9.78 Å². The third kappa shape index (κ3) is 4.01. The summed E-state index contributed by atoms with van der Waals surface area (Å²) in [4.78, 5) is 17.5. The number of fused-ring (bicyclic) bond motifs is 3. The second kappa shape index (κ2) is 9.47. The molecule has 3 aromatic carbocycles. The fourth-order valence-electron chi connectivity index (χ4n) is 4.45. The van der Waals surface area contributed by atoms with Crippen molar-refractivity contribution in [3.63, 3.8) is 0 Å². The number of hydrogen-bond acceptors (Lipinski definition) is 7. The van der Waals surface area contributed by atoms with E-state index in [-0.39, 0.29) is 0 Å². The summed E-state index contributed by atoms with van der Waals surface area (Å²) in [6.07, 6.45) is 0. The van der Waals surface area contributed by atoms with Crippen LogP contribution in [0.25, 0.3) is 33.0 Å². The Morgan fingerprint density at radius 2 is 1.67 bits per heavy atom. The molecule has 5 rings (SSSR count). The van der Waals surface area contributed by atoms with Gasteiger partial charge >= 0.3 is 5.63 Å². The van der Waals surface area contributed by atoms with E-state index in [1.54, 1.807) is 17.5 Å². The van der Waals surface area contributed by atoms with E-state index in [1.807, 2.05) is 73.7 Å². The lowest BCUT2D eigenvalue weighted by Crippen LogP contribution is -2.18. The van der Waals surface area contributed by atoms with Crippen molar-refractivity contribution in [3.8, 4) is 29.5 Å². The van der Waals surface area contributed by atoms with Crippen LogP contribution < -0.4 is 5.63 Å². The number of aromatic nitrogens is 1. The molecule has 2 aromatic heterocycles. The van der Waals surface area contributed by atoms with Gasteiger partial charge in [-0.3, -0.25) is 0 Å². The van der Waals surface area contributed by atoms with Crippen molar-refractivity contribution in [1.82, 2.24) is 4.98 Å². The highest BCUT2D eigenvalue weighted by Gasteiger charge is 2.35. The van der Waals surface area contributed by atoms with E-state index in [0.29, 0.717) is 27.4 Å². The normalized spacial score (nSPS) is 12.6. The summed E-state index contributed by atoms with van der Waals surface area (Å²) in [7, 11) is 0. The molecule has 2 unspecified atom stereocenters. The summed E-state index contributed by atoms with van der Waals surface area (Å²) in [5, 5.41) is 34.3. The monoisotopic (exact) mass is 486 g/mol. The van der Waals surface area contributed by atoms with Crippen LogP contribution >= 0.6 is 11.3 Å². The number of rotatable bonds is 5. The molecule has 0 saturated carbocycles. The summed E-state index contributed by atoms with van der Waals surface area (Å²) in [5.74, 6) is -2.58. The number of thiazole rings is 1. The van der Waals surface area contributed by atoms with Crippen molar-refractivity contribution in [2.75, 3.05) is 0 Å². The second-order valence-corrected chi connectivity index (χ2v) is 9.39. The molecule has 5 aromatic rings. The molecule has 7 heteroatoms. The highest BCUT2D eigenvalue weighted by atomic mass is 32.1. The van der Waals surface area contributed by atoms with Crippen molar-refractivity contribution < 1.29 is 4.42 Å². The number of nitriles is 3. The van der Waals surface area contributed by atoms with E-state index < -0.39 is 23.4 Å². The number of benzene rings is 3. The molecule has 172 valence electrons. The van der Waals surface area contributed by atoms with Crippen LogP contribution in [-0.2, 0) is 0 Å². The lowest BCUT2D eigenvalue weighted by molar-refractivity contribution is 0.559. The van der Waals surface area contributed by atoms with E-state index >= 15 is 0 Å². The Morgan fingerprint density at radius 3 is 2.39 bits per heavy atom. The average molecular weight is 487 g/mol. The molecule has 0 aliphatic rings. The van der Waals surface area contributed by atoms with Crippen LogP contribution in [0, 0.1) is 46.8 Å². The van der Waals surface area contributed by atoms with Gasteiger partial charge in [0.25, 0.3) is 0 Å². The first-order valence-electron chi connectivity index (χ1n) is 11.2. The minimum Gasteiger partial charge on any atom is -0.422 e. The Labute approximate surface area is 210 Å². The lowest BCUT2D eigenvalue weighted by Gasteiger charge is -2.21. The van der Waals surface area contributed by atoms with E-state index in [9.17, 15) is 20.6 Å². The van der Waals surface area contributed by atoms with Gasteiger partial charge in [0.2, 0.25) is 0 Å². The molecule has 6 nitrogen and oxygen atoms in total. The van der Waals surface area contributed by atoms with Crippen molar-refractivity contribution >= 4 is 33.1 Å². The van der Waals surface area contributed by atoms with Crippen molar-refractivity contribution in [1.29, 1.82) is 15.8 Å². The largest absolute Gasteiger partial charge is 0.422 e. The fraction of sp³-hybridized carbons (Fsp3) is 0.138. The summed E-state index contributed by atoms with van der Waals surface area (Å²) in [6, 6.07) is 27.1. The Bertz CT molecular complexity index is 1770. The van der Waals surface area contributed by atoms with Gasteiger partial charge in [0, 0.05) is 16.7 Å². The van der Waals surface area contributed by atoms with Crippen molar-refractivity contribution in [3.05, 3.63) is 98.7 Å². The zero-order valence-electron chi connectivity index (χ0n) is 19.2. The van der Waals surface area contributed by atoms with Crippen LogP contribution in [0.1, 0.15) is 28.0 Å². The van der Waals surface area contributed by atoms with Gasteiger partial charge < -0.3 is 4.42 Å². The van der Waals surface area contributed by atoms with Crippen LogP contribution in [0.2, 0.25) is 0 Å². The van der Waals surface area contributed by atoms with Crippen LogP contribution in [0.5, 0.6) is 0 Å². The first kappa shape index (κ1) is 23.0. The number of hydrogen-bond donors (Lipinski definition) is 0. The zero-order valence-corrected chi connectivity index (χ0v) is 20.0. The molecule has 36 heavy (non-hydrogen) atoms. The highest BCUT2D eigenvalue weighted by Crippen LogP contribution is 2.40. The Morgan fingerprint density at radius 1 is 0.917 bits per heavy atom. The van der Waals surface area contributed by atoms with Crippen LogP contribution in [0.3, 0.4) is 0 Å². The van der Waals surface area contributed by atoms with Gasteiger partial charge in [0.15, 0.2) is 0 Å². The molecule has 0 spiro atoms. The number of nitrogens with zero attached hydrogens (tertiary/aromatic N) is 4. The fourth-order valence-corrected chi connectivity index (χ4v) is 5.36. The first-order valence-corrected chi connectivity index (χ1v) is 12.1. The zero-order chi connectivity index (χ0) is 25.2. The molecule has 0 saturated heterocycles. The maximum Gasteiger partial charge on any atom is 0.345 e. The third-order valence-electron chi connectivity index (χ3n) is 6.30. The predicted molar refractivity (Wildman–Crippen MR) is 138 cm³/mol. The van der Waals surface area contributed by atoms with E-state index in [0.717, 1.165) is 21.7 Å². The molecule has 0 radical (unpaired) electrons. The van der Waals surface area contributed by atoms with Gasteiger partial charge in [-0.2, -0.15) is 15.8 Å². The molecular weight excluding hydrogens is 468 g/mol. The van der Waals surface area contributed by atoms with Crippen molar-refractivity contribution in [2.24, 2.45) is 5.92 Å². The lowest BCUT2D eigenvalue weighted by atomic mass is 9.78. The van der Waals surface area contributed by atoms with E-state index in [4.69, 9.17) is 4.42 Å². The summed E-state index contributed by atoms with van der Waals surface area (Å²) in [6.45, 7) is 1.94. The van der Waals surface area contributed by atoms with Gasteiger partial charge in [-0.15, -0.1) is 11.3 Å². The van der Waals surface area contributed by atoms with Crippen LogP contribution in [-0.4, -0.2) is 4.98 Å². The van der Waals surface area contributed by atoms with Gasteiger partial charge in [-0.05, 0) is 35.4 Å². The predicted octanol–water partition coefficient (Wildman–Crippen LogP) is 6.43. The summed E-state index contributed by atoms with van der Waals surface area (Å²) < 4.78 is 5.61. The van der Waals surface area contributed by atoms with E-state index in [1.165, 1.54) is 11.3 Å². The van der Waals surface area contributed by atoms with Gasteiger partial charge in [0.05, 0.1) is 29.5 Å². The number of aryl methyl sites for hydroxylation is 1.